The highest BCUT2D eigenvalue weighted by molar-refractivity contribution is 5.59. The summed E-state index contributed by atoms with van der Waals surface area (Å²) in [5.41, 5.74) is 14.5. The van der Waals surface area contributed by atoms with E-state index in [4.69, 9.17) is 20.9 Å². The highest BCUT2D eigenvalue weighted by Crippen LogP contribution is 2.43. The fraction of sp³-hybridized carbons (Fsp3) is 0.167. The third kappa shape index (κ3) is 2.67. The Bertz CT molecular complexity index is 821. The first-order chi connectivity index (χ1) is 11.1. The number of nitrogen functional groups attached to an aromatic ring is 1. The maximum atomic E-state index is 9.52. The molecule has 5 nitrogen and oxygen atoms in total. The van der Waals surface area contributed by atoms with Crippen LogP contribution in [0.2, 0.25) is 0 Å². The number of ether oxygens (including phenoxy) is 2. The zero-order valence-corrected chi connectivity index (χ0v) is 12.7. The summed E-state index contributed by atoms with van der Waals surface area (Å²) in [6.45, 7) is 2.51. The van der Waals surface area contributed by atoms with Gasteiger partial charge in [0.15, 0.2) is 0 Å². The first-order valence-electron chi connectivity index (χ1n) is 7.33. The van der Waals surface area contributed by atoms with Gasteiger partial charge in [0.2, 0.25) is 5.88 Å². The van der Waals surface area contributed by atoms with Crippen molar-refractivity contribution in [2.45, 2.75) is 12.8 Å². The first-order valence-corrected chi connectivity index (χ1v) is 7.33. The summed E-state index contributed by atoms with van der Waals surface area (Å²) in [7, 11) is 0. The topological polar surface area (TPSA) is 94.3 Å². The average molecular weight is 307 g/mol. The lowest BCUT2D eigenvalue weighted by Gasteiger charge is -2.26. The number of nitrogens with two attached hydrogens (primary N) is 2. The molecule has 0 saturated carbocycles. The van der Waals surface area contributed by atoms with E-state index in [0.717, 1.165) is 16.9 Å². The number of allylic oxidation sites excluding steroid dienone is 1. The first kappa shape index (κ1) is 14.8. The molecule has 0 bridgehead atoms. The molecule has 0 radical (unpaired) electrons. The molecular weight excluding hydrogens is 290 g/mol. The van der Waals surface area contributed by atoms with Gasteiger partial charge >= 0.3 is 0 Å². The number of hydrogen-bond donors (Lipinski definition) is 2. The Hall–Kier alpha value is -3.13. The monoisotopic (exact) mass is 307 g/mol. The van der Waals surface area contributed by atoms with Gasteiger partial charge in [0.05, 0.1) is 12.5 Å². The smallest absolute Gasteiger partial charge is 0.205 e. The zero-order valence-electron chi connectivity index (χ0n) is 12.7. The van der Waals surface area contributed by atoms with Crippen LogP contribution in [0.3, 0.4) is 0 Å². The van der Waals surface area contributed by atoms with Gasteiger partial charge in [-0.25, -0.2) is 0 Å². The van der Waals surface area contributed by atoms with E-state index >= 15 is 0 Å². The molecule has 0 unspecified atom stereocenters. The second kappa shape index (κ2) is 5.93. The lowest BCUT2D eigenvalue weighted by atomic mass is 9.83. The summed E-state index contributed by atoms with van der Waals surface area (Å²) in [5.74, 6) is 1.14. The van der Waals surface area contributed by atoms with Gasteiger partial charge in [0.1, 0.15) is 23.1 Å². The van der Waals surface area contributed by atoms with Gasteiger partial charge in [0.25, 0.3) is 0 Å². The van der Waals surface area contributed by atoms with E-state index < -0.39 is 0 Å². The molecule has 1 aliphatic heterocycles. The van der Waals surface area contributed by atoms with Crippen molar-refractivity contribution in [3.05, 3.63) is 65.0 Å². The predicted molar refractivity (Wildman–Crippen MR) is 87.8 cm³/mol. The number of nitriles is 1. The van der Waals surface area contributed by atoms with E-state index in [1.54, 1.807) is 12.1 Å². The third-order valence-electron chi connectivity index (χ3n) is 3.75. The molecular formula is C18H17N3O2. The Morgan fingerprint density at radius 3 is 2.78 bits per heavy atom. The Labute approximate surface area is 134 Å². The van der Waals surface area contributed by atoms with Crippen LogP contribution in [0, 0.1) is 11.3 Å². The highest BCUT2D eigenvalue weighted by atomic mass is 16.5. The maximum absolute atomic E-state index is 9.52. The van der Waals surface area contributed by atoms with Gasteiger partial charge in [-0.15, -0.1) is 0 Å². The summed E-state index contributed by atoms with van der Waals surface area (Å²) >= 11 is 0. The van der Waals surface area contributed by atoms with Crippen LogP contribution >= 0.6 is 0 Å². The van der Waals surface area contributed by atoms with Gasteiger partial charge in [-0.3, -0.25) is 0 Å². The van der Waals surface area contributed by atoms with E-state index in [1.165, 1.54) is 0 Å². The van der Waals surface area contributed by atoms with Crippen LogP contribution in [0.25, 0.3) is 0 Å². The number of fused-ring (bicyclic) bond motifs is 1. The molecule has 4 N–H and O–H groups in total. The van der Waals surface area contributed by atoms with E-state index in [-0.39, 0.29) is 11.8 Å². The molecule has 0 amide bonds. The molecule has 1 atom stereocenters. The zero-order chi connectivity index (χ0) is 16.4. The minimum atomic E-state index is -0.301. The molecule has 1 aliphatic rings. The Balaban J connectivity index is 2.16. The summed E-state index contributed by atoms with van der Waals surface area (Å²) in [6, 6.07) is 15.2. The number of benzene rings is 2. The van der Waals surface area contributed by atoms with E-state index in [2.05, 4.69) is 6.07 Å². The van der Waals surface area contributed by atoms with Crippen molar-refractivity contribution in [1.29, 1.82) is 5.26 Å². The molecule has 23 heavy (non-hydrogen) atoms. The molecule has 2 aromatic carbocycles. The summed E-state index contributed by atoms with van der Waals surface area (Å²) in [4.78, 5) is 0. The normalized spacial score (nSPS) is 16.3. The van der Waals surface area contributed by atoms with Gasteiger partial charge in [-0.05, 0) is 30.7 Å². The molecule has 2 aromatic rings. The molecule has 0 saturated heterocycles. The minimum absolute atomic E-state index is 0.109. The van der Waals surface area contributed by atoms with E-state index in [0.29, 0.717) is 23.6 Å². The van der Waals surface area contributed by atoms with Crippen LogP contribution in [0.1, 0.15) is 24.0 Å². The molecule has 0 fully saturated rings. The molecule has 0 aliphatic carbocycles. The fourth-order valence-corrected chi connectivity index (χ4v) is 2.77. The van der Waals surface area contributed by atoms with Crippen molar-refractivity contribution >= 4 is 5.69 Å². The van der Waals surface area contributed by atoms with Gasteiger partial charge in [-0.1, -0.05) is 18.2 Å². The molecule has 0 spiro atoms. The standard InChI is InChI=1S/C18H17N3O2/c1-2-22-13-5-3-4-11(8-13)17-14-7-6-12(20)9-16(14)23-18(21)15(17)10-19/h3-9,17H,2,20-21H2,1H3/t17-/m1/s1. The van der Waals surface area contributed by atoms with Crippen LogP contribution < -0.4 is 20.9 Å². The van der Waals surface area contributed by atoms with Crippen molar-refractivity contribution in [2.75, 3.05) is 12.3 Å². The largest absolute Gasteiger partial charge is 0.494 e. The highest BCUT2D eigenvalue weighted by Gasteiger charge is 2.30. The van der Waals surface area contributed by atoms with Crippen molar-refractivity contribution in [3.8, 4) is 17.6 Å². The van der Waals surface area contributed by atoms with Gasteiger partial charge in [0, 0.05) is 17.3 Å². The lowest BCUT2D eigenvalue weighted by molar-refractivity contribution is 0.339. The van der Waals surface area contributed by atoms with Gasteiger partial charge < -0.3 is 20.9 Å². The van der Waals surface area contributed by atoms with Crippen LogP contribution in [0.5, 0.6) is 11.5 Å². The van der Waals surface area contributed by atoms with E-state index in [9.17, 15) is 5.26 Å². The third-order valence-corrected chi connectivity index (χ3v) is 3.75. The molecule has 1 heterocycles. The molecule has 0 aromatic heterocycles. The molecule has 3 rings (SSSR count). The summed E-state index contributed by atoms with van der Waals surface area (Å²) in [5, 5.41) is 9.52. The van der Waals surface area contributed by atoms with Crippen LogP contribution in [0.15, 0.2) is 53.9 Å². The summed E-state index contributed by atoms with van der Waals surface area (Å²) < 4.78 is 11.1. The predicted octanol–water partition coefficient (Wildman–Crippen LogP) is 2.89. The molecule has 116 valence electrons. The molecule has 5 heteroatoms. The average Bonchev–Trinajstić information content (AvgIpc) is 2.54. The number of nitrogens with zero attached hydrogens (tertiary/aromatic N) is 1. The quantitative estimate of drug-likeness (QED) is 0.850. The van der Waals surface area contributed by atoms with Crippen LogP contribution in [-0.2, 0) is 0 Å². The van der Waals surface area contributed by atoms with Crippen molar-refractivity contribution < 1.29 is 9.47 Å². The number of rotatable bonds is 3. The Morgan fingerprint density at radius 1 is 1.22 bits per heavy atom. The lowest BCUT2D eigenvalue weighted by Crippen LogP contribution is -2.21. The SMILES string of the molecule is CCOc1cccc([C@H]2C(C#N)=C(N)Oc3cc(N)ccc32)c1. The van der Waals surface area contributed by atoms with Crippen molar-refractivity contribution in [3.63, 3.8) is 0 Å². The van der Waals surface area contributed by atoms with Crippen molar-refractivity contribution in [2.24, 2.45) is 5.73 Å². The fourth-order valence-electron chi connectivity index (χ4n) is 2.77. The van der Waals surface area contributed by atoms with Crippen LogP contribution in [0.4, 0.5) is 5.69 Å². The maximum Gasteiger partial charge on any atom is 0.205 e. The Morgan fingerprint density at radius 2 is 2.04 bits per heavy atom. The minimum Gasteiger partial charge on any atom is -0.494 e. The van der Waals surface area contributed by atoms with Crippen molar-refractivity contribution in [1.82, 2.24) is 0 Å². The van der Waals surface area contributed by atoms with Gasteiger partial charge in [-0.2, -0.15) is 5.26 Å². The van der Waals surface area contributed by atoms with E-state index in [1.807, 2.05) is 37.3 Å². The number of anilines is 1. The van der Waals surface area contributed by atoms with Crippen LogP contribution in [-0.4, -0.2) is 6.61 Å². The number of hydrogen-bond acceptors (Lipinski definition) is 5. The second-order valence-corrected chi connectivity index (χ2v) is 5.23. The Kier molecular flexibility index (Phi) is 3.82. The second-order valence-electron chi connectivity index (χ2n) is 5.23. The summed E-state index contributed by atoms with van der Waals surface area (Å²) in [6.07, 6.45) is 0.